The topological polar surface area (TPSA) is 17.1 Å². The van der Waals surface area contributed by atoms with E-state index in [0.29, 0.717) is 6.92 Å². The van der Waals surface area contributed by atoms with E-state index in [1.54, 1.807) is 0 Å². The molecule has 0 aromatic rings. The molecule has 0 N–H and O–H groups in total. The molecule has 5 heteroatoms. The molecular weight excluding hydrogens is 189 g/mol. The van der Waals surface area contributed by atoms with Crippen LogP contribution in [0.4, 0.5) is 13.2 Å². The van der Waals surface area contributed by atoms with Gasteiger partial charge in [-0.1, -0.05) is 11.8 Å². The van der Waals surface area contributed by atoms with Gasteiger partial charge in [0.15, 0.2) is 11.3 Å². The molecule has 1 atom stereocenters. The zero-order valence-corrected chi connectivity index (χ0v) is 7.76. The summed E-state index contributed by atoms with van der Waals surface area (Å²) in [7, 11) is 0. The second kappa shape index (κ2) is 4.74. The molecule has 0 aliphatic heterocycles. The normalized spacial score (nSPS) is 14.4. The first kappa shape index (κ1) is 11.8. The molecule has 0 bridgehead atoms. The second-order valence-corrected chi connectivity index (χ2v) is 3.82. The Balaban J connectivity index is 3.58. The number of hydrogen-bond donors (Lipinski definition) is 0. The van der Waals surface area contributed by atoms with Crippen LogP contribution in [0, 0.1) is 0 Å². The summed E-state index contributed by atoms with van der Waals surface area (Å²) in [6.45, 7) is 1.86. The number of halogens is 3. The molecule has 0 aliphatic rings. The second-order valence-electron chi connectivity index (χ2n) is 2.55. The maximum Gasteiger partial charge on any atom is 0.275 e. The first-order valence-electron chi connectivity index (χ1n) is 3.49. The standard InChI is InChI=1S/C7H11F3OS/c1-5(11)12-4-3-6(8)7(2,9)10/h6H,3-4H2,1-2H3. The monoisotopic (exact) mass is 200 g/mol. The van der Waals surface area contributed by atoms with Crippen LogP contribution in [0.15, 0.2) is 0 Å². The van der Waals surface area contributed by atoms with E-state index in [-0.39, 0.29) is 17.3 Å². The molecule has 0 spiro atoms. The summed E-state index contributed by atoms with van der Waals surface area (Å²) in [5.41, 5.74) is 0. The average Bonchev–Trinajstić information content (AvgIpc) is 1.84. The molecule has 0 saturated heterocycles. The maximum absolute atomic E-state index is 12.5. The third-order valence-corrected chi connectivity index (χ3v) is 2.07. The minimum absolute atomic E-state index is 0.111. The predicted octanol–water partition coefficient (Wildman–Crippen LogP) is 2.65. The van der Waals surface area contributed by atoms with Crippen LogP contribution in [0.2, 0.25) is 0 Å². The minimum Gasteiger partial charge on any atom is -0.288 e. The maximum atomic E-state index is 12.5. The summed E-state index contributed by atoms with van der Waals surface area (Å²) in [5, 5.41) is -0.179. The predicted molar refractivity (Wildman–Crippen MR) is 43.3 cm³/mol. The van der Waals surface area contributed by atoms with Crippen LogP contribution in [0.25, 0.3) is 0 Å². The first-order valence-corrected chi connectivity index (χ1v) is 4.48. The summed E-state index contributed by atoms with van der Waals surface area (Å²) in [5.74, 6) is -3.18. The van der Waals surface area contributed by atoms with Gasteiger partial charge in [0.05, 0.1) is 0 Å². The fourth-order valence-electron chi connectivity index (χ4n) is 0.560. The fraction of sp³-hybridized carbons (Fsp3) is 0.857. The molecule has 12 heavy (non-hydrogen) atoms. The number of rotatable bonds is 4. The van der Waals surface area contributed by atoms with Gasteiger partial charge in [-0.05, 0) is 6.42 Å². The zero-order chi connectivity index (χ0) is 9.78. The van der Waals surface area contributed by atoms with Crippen molar-refractivity contribution >= 4 is 16.9 Å². The summed E-state index contributed by atoms with van der Waals surface area (Å²) in [6.07, 6.45) is -2.43. The summed E-state index contributed by atoms with van der Waals surface area (Å²) in [6, 6.07) is 0. The van der Waals surface area contributed by atoms with E-state index in [0.717, 1.165) is 11.8 Å². The zero-order valence-electron chi connectivity index (χ0n) is 6.94. The van der Waals surface area contributed by atoms with Crippen molar-refractivity contribution in [2.24, 2.45) is 0 Å². The van der Waals surface area contributed by atoms with E-state index in [1.807, 2.05) is 0 Å². The van der Waals surface area contributed by atoms with Crippen LogP contribution in [-0.4, -0.2) is 23.0 Å². The van der Waals surface area contributed by atoms with Crippen molar-refractivity contribution in [1.29, 1.82) is 0 Å². The van der Waals surface area contributed by atoms with E-state index in [9.17, 15) is 18.0 Å². The molecule has 0 saturated carbocycles. The van der Waals surface area contributed by atoms with Gasteiger partial charge in [-0.15, -0.1) is 0 Å². The molecule has 0 amide bonds. The van der Waals surface area contributed by atoms with Gasteiger partial charge in [-0.3, -0.25) is 4.79 Å². The van der Waals surface area contributed by atoms with Crippen LogP contribution >= 0.6 is 11.8 Å². The van der Waals surface area contributed by atoms with Crippen LogP contribution < -0.4 is 0 Å². The lowest BCUT2D eigenvalue weighted by Gasteiger charge is -2.14. The SMILES string of the molecule is CC(=O)SCCC(F)C(C)(F)F. The molecule has 1 unspecified atom stereocenters. The number of carbonyl (C=O) groups excluding carboxylic acids is 1. The molecule has 72 valence electrons. The molecule has 0 rings (SSSR count). The van der Waals surface area contributed by atoms with Crippen LogP contribution in [-0.2, 0) is 4.79 Å². The summed E-state index contributed by atoms with van der Waals surface area (Å²) >= 11 is 0.863. The van der Waals surface area contributed by atoms with E-state index in [2.05, 4.69) is 0 Å². The van der Waals surface area contributed by atoms with E-state index >= 15 is 0 Å². The Morgan fingerprint density at radius 1 is 1.58 bits per heavy atom. The Morgan fingerprint density at radius 2 is 2.08 bits per heavy atom. The van der Waals surface area contributed by atoms with E-state index in [1.165, 1.54) is 6.92 Å². The van der Waals surface area contributed by atoms with Crippen molar-refractivity contribution in [2.45, 2.75) is 32.4 Å². The van der Waals surface area contributed by atoms with Crippen molar-refractivity contribution in [3.8, 4) is 0 Å². The molecule has 0 heterocycles. The third kappa shape index (κ3) is 5.46. The Morgan fingerprint density at radius 3 is 2.42 bits per heavy atom. The summed E-state index contributed by atoms with van der Waals surface area (Å²) < 4.78 is 36.8. The number of carbonyl (C=O) groups is 1. The largest absolute Gasteiger partial charge is 0.288 e. The molecule has 0 fully saturated rings. The highest BCUT2D eigenvalue weighted by molar-refractivity contribution is 8.13. The lowest BCUT2D eigenvalue weighted by atomic mass is 10.2. The molecule has 0 aromatic heterocycles. The van der Waals surface area contributed by atoms with Gasteiger partial charge in [-0.25, -0.2) is 13.2 Å². The average molecular weight is 200 g/mol. The number of hydrogen-bond acceptors (Lipinski definition) is 2. The quantitative estimate of drug-likeness (QED) is 0.694. The Kier molecular flexibility index (Phi) is 4.67. The highest BCUT2D eigenvalue weighted by Gasteiger charge is 2.33. The highest BCUT2D eigenvalue weighted by Crippen LogP contribution is 2.24. The smallest absolute Gasteiger partial charge is 0.275 e. The van der Waals surface area contributed by atoms with E-state index in [4.69, 9.17) is 0 Å². The van der Waals surface area contributed by atoms with Gasteiger partial charge < -0.3 is 0 Å². The Hall–Kier alpha value is -0.190. The van der Waals surface area contributed by atoms with Crippen LogP contribution in [0.3, 0.4) is 0 Å². The number of alkyl halides is 3. The number of thioether (sulfide) groups is 1. The molecule has 0 aromatic carbocycles. The van der Waals surface area contributed by atoms with Gasteiger partial charge in [-0.2, -0.15) is 0 Å². The van der Waals surface area contributed by atoms with Gasteiger partial charge in [0.1, 0.15) is 0 Å². The molecular formula is C7H11F3OS. The molecule has 0 aliphatic carbocycles. The lowest BCUT2D eigenvalue weighted by molar-refractivity contribution is -0.109. The van der Waals surface area contributed by atoms with E-state index < -0.39 is 12.1 Å². The van der Waals surface area contributed by atoms with Crippen molar-refractivity contribution < 1.29 is 18.0 Å². The highest BCUT2D eigenvalue weighted by atomic mass is 32.2. The molecule has 0 radical (unpaired) electrons. The van der Waals surface area contributed by atoms with Crippen molar-refractivity contribution in [2.75, 3.05) is 5.75 Å². The first-order chi connectivity index (χ1) is 5.34. The Labute approximate surface area is 73.7 Å². The lowest BCUT2D eigenvalue weighted by Crippen LogP contribution is -2.26. The fourth-order valence-corrected chi connectivity index (χ4v) is 1.17. The van der Waals surface area contributed by atoms with Crippen molar-refractivity contribution in [3.63, 3.8) is 0 Å². The van der Waals surface area contributed by atoms with Crippen LogP contribution in [0.5, 0.6) is 0 Å². The molecule has 1 nitrogen and oxygen atoms in total. The van der Waals surface area contributed by atoms with Gasteiger partial charge in [0, 0.05) is 19.6 Å². The minimum atomic E-state index is -3.29. The van der Waals surface area contributed by atoms with Crippen LogP contribution in [0.1, 0.15) is 20.3 Å². The van der Waals surface area contributed by atoms with Gasteiger partial charge in [0.2, 0.25) is 0 Å². The third-order valence-electron chi connectivity index (χ3n) is 1.23. The van der Waals surface area contributed by atoms with Crippen molar-refractivity contribution in [1.82, 2.24) is 0 Å². The summed E-state index contributed by atoms with van der Waals surface area (Å²) in [4.78, 5) is 10.3. The Bertz CT molecular complexity index is 155. The van der Waals surface area contributed by atoms with Gasteiger partial charge in [0.25, 0.3) is 5.92 Å². The van der Waals surface area contributed by atoms with Crippen molar-refractivity contribution in [3.05, 3.63) is 0 Å². The van der Waals surface area contributed by atoms with Gasteiger partial charge >= 0.3 is 0 Å².